The van der Waals surface area contributed by atoms with Gasteiger partial charge < -0.3 is 24.5 Å². The smallest absolute Gasteiger partial charge is 0.251 e. The van der Waals surface area contributed by atoms with E-state index in [1.54, 1.807) is 39.0 Å². The maximum atomic E-state index is 14.7. The third kappa shape index (κ3) is 5.12. The number of benzene rings is 2. The van der Waals surface area contributed by atoms with Crippen LogP contribution in [0.2, 0.25) is 5.02 Å². The monoisotopic (exact) mass is 635 g/mol. The van der Waals surface area contributed by atoms with Gasteiger partial charge in [-0.2, -0.15) is 0 Å². The maximum absolute atomic E-state index is 14.7. The highest BCUT2D eigenvalue weighted by Crippen LogP contribution is 2.61. The van der Waals surface area contributed by atoms with Crippen molar-refractivity contribution in [2.75, 3.05) is 36.1 Å². The molecular formula is C34H38ClN3O5S. The van der Waals surface area contributed by atoms with Crippen LogP contribution in [0.5, 0.6) is 5.75 Å². The van der Waals surface area contributed by atoms with E-state index in [1.807, 2.05) is 69.3 Å². The van der Waals surface area contributed by atoms with Crippen molar-refractivity contribution in [3.63, 3.8) is 0 Å². The Morgan fingerprint density at radius 2 is 1.59 bits per heavy atom. The predicted octanol–water partition coefficient (Wildman–Crippen LogP) is 4.95. The van der Waals surface area contributed by atoms with Gasteiger partial charge in [-0.05, 0) is 67.8 Å². The van der Waals surface area contributed by atoms with Crippen molar-refractivity contribution in [2.45, 2.75) is 49.3 Å². The summed E-state index contributed by atoms with van der Waals surface area (Å²) in [6.45, 7) is 6.96. The molecule has 0 radical (unpaired) electrons. The van der Waals surface area contributed by atoms with Gasteiger partial charge in [0.15, 0.2) is 0 Å². The number of aliphatic hydroxyl groups is 1. The van der Waals surface area contributed by atoms with E-state index < -0.39 is 28.7 Å². The number of anilines is 2. The predicted molar refractivity (Wildman–Crippen MR) is 174 cm³/mol. The SMILES string of the molecule is CCOc1ccc(N2CC=C[C@H]3S[C@]45C=CCN(c6ccc(Cl)cc6)C(=O)C4N([C@@H](CO)CC(C)C)C(=O)[C@@H]5[C@H]3C2=O)cc1. The molecule has 1 spiro atoms. The number of ether oxygens (including phenoxy) is 1. The van der Waals surface area contributed by atoms with Gasteiger partial charge in [-0.3, -0.25) is 14.4 Å². The van der Waals surface area contributed by atoms with E-state index in [-0.39, 0.29) is 35.5 Å². The van der Waals surface area contributed by atoms with Crippen LogP contribution >= 0.6 is 23.4 Å². The molecule has 2 aromatic carbocycles. The Bertz CT molecular complexity index is 1480. The molecule has 3 amide bonds. The number of thioether (sulfide) groups is 1. The highest BCUT2D eigenvalue weighted by atomic mass is 35.5. The van der Waals surface area contributed by atoms with Crippen molar-refractivity contribution in [3.8, 4) is 5.75 Å². The van der Waals surface area contributed by atoms with Gasteiger partial charge in [0.25, 0.3) is 5.91 Å². The average molecular weight is 636 g/mol. The minimum Gasteiger partial charge on any atom is -0.494 e. The molecule has 232 valence electrons. The lowest BCUT2D eigenvalue weighted by molar-refractivity contribution is -0.142. The van der Waals surface area contributed by atoms with Crippen LogP contribution < -0.4 is 14.5 Å². The topological polar surface area (TPSA) is 90.4 Å². The molecule has 0 bridgehead atoms. The first-order valence-corrected chi connectivity index (χ1v) is 16.5. The first kappa shape index (κ1) is 30.7. The summed E-state index contributed by atoms with van der Waals surface area (Å²) in [5.41, 5.74) is 1.40. The van der Waals surface area contributed by atoms with Gasteiger partial charge in [0.05, 0.1) is 35.8 Å². The van der Waals surface area contributed by atoms with E-state index in [4.69, 9.17) is 16.3 Å². The number of rotatable bonds is 8. The number of amides is 3. The fourth-order valence-electron chi connectivity index (χ4n) is 7.26. The number of hydrogen-bond donors (Lipinski definition) is 1. The molecule has 4 aliphatic heterocycles. The second-order valence-corrected chi connectivity index (χ2v) is 14.1. The van der Waals surface area contributed by atoms with Gasteiger partial charge in [0.1, 0.15) is 11.8 Å². The van der Waals surface area contributed by atoms with E-state index >= 15 is 0 Å². The van der Waals surface area contributed by atoms with Gasteiger partial charge in [0.2, 0.25) is 11.8 Å². The van der Waals surface area contributed by atoms with Gasteiger partial charge in [-0.25, -0.2) is 0 Å². The van der Waals surface area contributed by atoms with Crippen LogP contribution in [0.1, 0.15) is 27.2 Å². The Labute approximate surface area is 267 Å². The molecule has 0 aromatic heterocycles. The Kier molecular flexibility index (Phi) is 8.56. The van der Waals surface area contributed by atoms with Crippen molar-refractivity contribution < 1.29 is 24.2 Å². The van der Waals surface area contributed by atoms with Crippen LogP contribution in [0, 0.1) is 17.8 Å². The number of nitrogens with zero attached hydrogens (tertiary/aromatic N) is 3. The van der Waals surface area contributed by atoms with Crippen molar-refractivity contribution in [3.05, 3.63) is 77.9 Å². The van der Waals surface area contributed by atoms with Crippen LogP contribution in [-0.2, 0) is 14.4 Å². The van der Waals surface area contributed by atoms with Crippen molar-refractivity contribution in [1.29, 1.82) is 0 Å². The number of fused-ring (bicyclic) bond motifs is 2. The number of carbonyl (C=O) groups is 3. The summed E-state index contributed by atoms with van der Waals surface area (Å²) < 4.78 is 4.62. The number of carbonyl (C=O) groups excluding carboxylic acids is 3. The molecular weight excluding hydrogens is 598 g/mol. The lowest BCUT2D eigenvalue weighted by atomic mass is 9.78. The zero-order valence-electron chi connectivity index (χ0n) is 25.1. The summed E-state index contributed by atoms with van der Waals surface area (Å²) in [6, 6.07) is 13.1. The van der Waals surface area contributed by atoms with Crippen molar-refractivity contribution in [1.82, 2.24) is 4.90 Å². The fraction of sp³-hybridized carbons (Fsp3) is 0.441. The van der Waals surface area contributed by atoms with Gasteiger partial charge in [-0.15, -0.1) is 11.8 Å². The standard InChI is InChI=1S/C34H38ClN3O5S/c1-4-43-26-14-12-24(13-15-26)36-17-5-7-27-28(31(36)40)29-32(41)38(25(20-39)19-21(2)3)30-33(42)37(18-6-16-34(29,30)44-27)23-10-8-22(35)9-11-23/h5-16,21,25,27-30,39H,4,17-20H2,1-3H3/t25-,27-,28+,29+,30?,34+/m1/s1. The first-order valence-electron chi connectivity index (χ1n) is 15.3. The zero-order valence-corrected chi connectivity index (χ0v) is 26.7. The summed E-state index contributed by atoms with van der Waals surface area (Å²) in [5, 5.41) is 10.9. The van der Waals surface area contributed by atoms with Crippen LogP contribution in [-0.4, -0.2) is 76.1 Å². The summed E-state index contributed by atoms with van der Waals surface area (Å²) in [6.07, 6.45) is 8.49. The minimum atomic E-state index is -0.975. The summed E-state index contributed by atoms with van der Waals surface area (Å²) in [7, 11) is 0. The minimum absolute atomic E-state index is 0.142. The Hall–Kier alpha value is -3.27. The summed E-state index contributed by atoms with van der Waals surface area (Å²) in [4.78, 5) is 48.9. The highest BCUT2D eigenvalue weighted by molar-refractivity contribution is 8.02. The zero-order chi connectivity index (χ0) is 31.2. The van der Waals surface area contributed by atoms with Crippen LogP contribution in [0.3, 0.4) is 0 Å². The third-order valence-corrected chi connectivity index (χ3v) is 11.0. The molecule has 1 N–H and O–H groups in total. The van der Waals surface area contributed by atoms with E-state index in [2.05, 4.69) is 0 Å². The fourth-order valence-corrected chi connectivity index (χ4v) is 9.38. The Morgan fingerprint density at radius 1 is 0.955 bits per heavy atom. The number of halogens is 1. The highest BCUT2D eigenvalue weighted by Gasteiger charge is 2.71. The molecule has 4 aliphatic rings. The van der Waals surface area contributed by atoms with Gasteiger partial charge >= 0.3 is 0 Å². The molecule has 44 heavy (non-hydrogen) atoms. The third-order valence-electron chi connectivity index (χ3n) is 9.04. The summed E-state index contributed by atoms with van der Waals surface area (Å²) >= 11 is 7.69. The van der Waals surface area contributed by atoms with Crippen molar-refractivity contribution in [2.24, 2.45) is 17.8 Å². The van der Waals surface area contributed by atoms with E-state index in [1.165, 1.54) is 11.8 Å². The maximum Gasteiger partial charge on any atom is 0.251 e. The molecule has 1 unspecified atom stereocenters. The van der Waals surface area contributed by atoms with Crippen LogP contribution in [0.4, 0.5) is 11.4 Å². The average Bonchev–Trinajstić information content (AvgIpc) is 3.32. The van der Waals surface area contributed by atoms with Crippen LogP contribution in [0.15, 0.2) is 72.8 Å². The molecule has 4 heterocycles. The lowest BCUT2D eigenvalue weighted by Crippen LogP contribution is -2.57. The normalized spacial score (nSPS) is 28.6. The van der Waals surface area contributed by atoms with E-state index in [0.29, 0.717) is 36.8 Å². The molecule has 6 rings (SSSR count). The molecule has 8 nitrogen and oxygen atoms in total. The second kappa shape index (κ2) is 12.3. The summed E-state index contributed by atoms with van der Waals surface area (Å²) in [5.74, 6) is -1.16. The number of likely N-dealkylation sites (tertiary alicyclic amines) is 1. The number of hydrogen-bond acceptors (Lipinski definition) is 6. The van der Waals surface area contributed by atoms with Gasteiger partial charge in [0, 0.05) is 34.7 Å². The van der Waals surface area contributed by atoms with Crippen LogP contribution in [0.25, 0.3) is 0 Å². The largest absolute Gasteiger partial charge is 0.494 e. The first-order chi connectivity index (χ1) is 21.2. The number of aliphatic hydroxyl groups excluding tert-OH is 1. The second-order valence-electron chi connectivity index (χ2n) is 12.2. The molecule has 6 atom stereocenters. The van der Waals surface area contributed by atoms with Gasteiger partial charge in [-0.1, -0.05) is 49.8 Å². The molecule has 2 fully saturated rings. The molecule has 10 heteroatoms. The van der Waals surface area contributed by atoms with E-state index in [9.17, 15) is 19.5 Å². The molecule has 0 aliphatic carbocycles. The van der Waals surface area contributed by atoms with E-state index in [0.717, 1.165) is 11.4 Å². The molecule has 0 saturated carbocycles. The Balaban J connectivity index is 1.43. The van der Waals surface area contributed by atoms with Crippen molar-refractivity contribution >= 4 is 52.5 Å². The molecule has 2 saturated heterocycles. The molecule has 2 aromatic rings. The lowest BCUT2D eigenvalue weighted by Gasteiger charge is -2.39. The quantitative estimate of drug-likeness (QED) is 0.413. The Morgan fingerprint density at radius 3 is 2.23 bits per heavy atom.